The Labute approximate surface area is 176 Å². The molecule has 0 saturated carbocycles. The van der Waals surface area contributed by atoms with Crippen LogP contribution >= 0.6 is 11.8 Å². The average molecular weight is 411 g/mol. The number of allylic oxidation sites excluding steroid dienone is 1. The van der Waals surface area contributed by atoms with Crippen molar-refractivity contribution >= 4 is 23.6 Å². The summed E-state index contributed by atoms with van der Waals surface area (Å²) in [6.45, 7) is 7.74. The molecule has 1 aliphatic heterocycles. The van der Waals surface area contributed by atoms with E-state index in [0.29, 0.717) is 17.1 Å². The lowest BCUT2D eigenvalue weighted by atomic mass is 9.72. The van der Waals surface area contributed by atoms with E-state index in [-0.39, 0.29) is 11.8 Å². The van der Waals surface area contributed by atoms with Crippen LogP contribution in [0.5, 0.6) is 0 Å². The summed E-state index contributed by atoms with van der Waals surface area (Å²) in [5.41, 5.74) is 0.586. The van der Waals surface area contributed by atoms with Gasteiger partial charge in [0, 0.05) is 17.9 Å². The molecule has 0 aliphatic carbocycles. The van der Waals surface area contributed by atoms with Crippen molar-refractivity contribution in [3.63, 3.8) is 0 Å². The molecule has 3 atom stereocenters. The van der Waals surface area contributed by atoms with Crippen molar-refractivity contribution in [3.05, 3.63) is 46.5 Å². The Balaban J connectivity index is 2.08. The molecule has 1 aromatic rings. The molecular formula is C22H26N4O2S. The van der Waals surface area contributed by atoms with Gasteiger partial charge in [0.25, 0.3) is 0 Å². The first-order valence-corrected chi connectivity index (χ1v) is 10.5. The second-order valence-electron chi connectivity index (χ2n) is 7.61. The standard InChI is InChI=1S/C22H26N4O2S/c1-5-15(16-9-7-6-8-10-16)13-25-19(27)14(2)29-21-18(12-24)22(3,4)17(11-23)20(28)26-21/h6-10,14-15,17H,5,13H2,1-4H3,(H,25,27)(H,26,28)/t14-,15-,17-/m0/s1. The fraction of sp³-hybridized carbons (Fsp3) is 0.455. The van der Waals surface area contributed by atoms with Gasteiger partial charge in [-0.3, -0.25) is 9.59 Å². The number of rotatable bonds is 7. The van der Waals surface area contributed by atoms with Crippen LogP contribution in [0.25, 0.3) is 0 Å². The largest absolute Gasteiger partial charge is 0.355 e. The molecule has 2 rings (SSSR count). The zero-order valence-electron chi connectivity index (χ0n) is 17.2. The van der Waals surface area contributed by atoms with Crippen molar-refractivity contribution in [2.24, 2.45) is 11.3 Å². The van der Waals surface area contributed by atoms with E-state index in [4.69, 9.17) is 0 Å². The zero-order chi connectivity index (χ0) is 21.6. The summed E-state index contributed by atoms with van der Waals surface area (Å²) in [5, 5.41) is 24.4. The molecular weight excluding hydrogens is 384 g/mol. The van der Waals surface area contributed by atoms with Crippen molar-refractivity contribution in [2.75, 3.05) is 6.54 Å². The predicted molar refractivity (Wildman–Crippen MR) is 113 cm³/mol. The number of carbonyl (C=O) groups excluding carboxylic acids is 2. The van der Waals surface area contributed by atoms with Gasteiger partial charge in [0.2, 0.25) is 11.8 Å². The van der Waals surface area contributed by atoms with E-state index in [2.05, 4.69) is 23.6 Å². The van der Waals surface area contributed by atoms with E-state index >= 15 is 0 Å². The lowest BCUT2D eigenvalue weighted by Gasteiger charge is -2.35. The predicted octanol–water partition coefficient (Wildman–Crippen LogP) is 3.45. The Bertz CT molecular complexity index is 880. The number of carbonyl (C=O) groups is 2. The highest BCUT2D eigenvalue weighted by molar-refractivity contribution is 8.04. The van der Waals surface area contributed by atoms with Crippen LogP contribution in [0.15, 0.2) is 40.9 Å². The van der Waals surface area contributed by atoms with E-state index in [9.17, 15) is 20.1 Å². The monoisotopic (exact) mass is 410 g/mol. The van der Waals surface area contributed by atoms with Crippen LogP contribution < -0.4 is 10.6 Å². The van der Waals surface area contributed by atoms with Crippen LogP contribution in [0, 0.1) is 34.0 Å². The molecule has 0 aromatic heterocycles. The lowest BCUT2D eigenvalue weighted by Crippen LogP contribution is -2.45. The summed E-state index contributed by atoms with van der Waals surface area (Å²) in [7, 11) is 0. The smallest absolute Gasteiger partial charge is 0.243 e. The molecule has 2 amide bonds. The van der Waals surface area contributed by atoms with Gasteiger partial charge in [0.15, 0.2) is 0 Å². The van der Waals surface area contributed by atoms with Crippen molar-refractivity contribution in [1.82, 2.24) is 10.6 Å². The summed E-state index contributed by atoms with van der Waals surface area (Å²) in [6, 6.07) is 14.1. The van der Waals surface area contributed by atoms with Crippen LogP contribution in [-0.4, -0.2) is 23.6 Å². The molecule has 0 spiro atoms. The van der Waals surface area contributed by atoms with E-state index in [1.54, 1.807) is 20.8 Å². The highest BCUT2D eigenvalue weighted by Crippen LogP contribution is 2.42. The number of nitriles is 2. The first-order valence-electron chi connectivity index (χ1n) is 9.60. The Morgan fingerprint density at radius 3 is 2.52 bits per heavy atom. The zero-order valence-corrected chi connectivity index (χ0v) is 18.0. The molecule has 0 saturated heterocycles. The van der Waals surface area contributed by atoms with E-state index < -0.39 is 22.5 Å². The molecule has 0 fully saturated rings. The van der Waals surface area contributed by atoms with Crippen molar-refractivity contribution < 1.29 is 9.59 Å². The highest BCUT2D eigenvalue weighted by Gasteiger charge is 2.45. The number of hydrogen-bond donors (Lipinski definition) is 2. The Morgan fingerprint density at radius 1 is 1.31 bits per heavy atom. The number of thioether (sulfide) groups is 1. The van der Waals surface area contributed by atoms with Crippen LogP contribution in [0.2, 0.25) is 0 Å². The van der Waals surface area contributed by atoms with Gasteiger partial charge in [-0.1, -0.05) is 62.9 Å². The summed E-state index contributed by atoms with van der Waals surface area (Å²) in [5.74, 6) is -1.33. The topological polar surface area (TPSA) is 106 Å². The van der Waals surface area contributed by atoms with Crippen molar-refractivity contribution in [3.8, 4) is 12.1 Å². The minimum Gasteiger partial charge on any atom is -0.355 e. The molecule has 0 bridgehead atoms. The minimum absolute atomic E-state index is 0.163. The van der Waals surface area contributed by atoms with E-state index in [1.807, 2.05) is 36.4 Å². The summed E-state index contributed by atoms with van der Waals surface area (Å²) in [6.07, 6.45) is 0.898. The molecule has 1 heterocycles. The molecule has 7 heteroatoms. The minimum atomic E-state index is -0.943. The third kappa shape index (κ3) is 4.99. The van der Waals surface area contributed by atoms with Gasteiger partial charge >= 0.3 is 0 Å². The second-order valence-corrected chi connectivity index (χ2v) is 8.96. The third-order valence-corrected chi connectivity index (χ3v) is 6.39. The van der Waals surface area contributed by atoms with Gasteiger partial charge in [0.05, 0.1) is 28.0 Å². The van der Waals surface area contributed by atoms with Crippen molar-refractivity contribution in [1.29, 1.82) is 10.5 Å². The molecule has 1 aromatic carbocycles. The number of benzene rings is 1. The Kier molecular flexibility index (Phi) is 7.47. The maximum Gasteiger partial charge on any atom is 0.243 e. The Morgan fingerprint density at radius 2 is 1.97 bits per heavy atom. The first kappa shape index (κ1) is 22.5. The fourth-order valence-electron chi connectivity index (χ4n) is 3.34. The van der Waals surface area contributed by atoms with Crippen LogP contribution in [0.1, 0.15) is 45.6 Å². The number of amides is 2. The van der Waals surface area contributed by atoms with Gasteiger partial charge in [0.1, 0.15) is 5.92 Å². The fourth-order valence-corrected chi connectivity index (χ4v) is 4.47. The van der Waals surface area contributed by atoms with Crippen LogP contribution in [0.3, 0.4) is 0 Å². The van der Waals surface area contributed by atoms with E-state index in [1.165, 1.54) is 5.56 Å². The number of nitrogens with zero attached hydrogens (tertiary/aromatic N) is 2. The summed E-state index contributed by atoms with van der Waals surface area (Å²) < 4.78 is 0. The molecule has 0 unspecified atom stereocenters. The van der Waals surface area contributed by atoms with Crippen molar-refractivity contribution in [2.45, 2.75) is 45.3 Å². The molecule has 29 heavy (non-hydrogen) atoms. The molecule has 1 aliphatic rings. The molecule has 6 nitrogen and oxygen atoms in total. The third-order valence-electron chi connectivity index (χ3n) is 5.28. The van der Waals surface area contributed by atoms with Gasteiger partial charge in [-0.05, 0) is 18.9 Å². The number of nitrogens with one attached hydrogen (secondary N) is 2. The van der Waals surface area contributed by atoms with Crippen LogP contribution in [-0.2, 0) is 9.59 Å². The van der Waals surface area contributed by atoms with Gasteiger partial charge in [-0.25, -0.2) is 0 Å². The highest BCUT2D eigenvalue weighted by atomic mass is 32.2. The lowest BCUT2D eigenvalue weighted by molar-refractivity contribution is -0.125. The van der Waals surface area contributed by atoms with Gasteiger partial charge in [-0.2, -0.15) is 10.5 Å². The molecule has 0 radical (unpaired) electrons. The molecule has 152 valence electrons. The maximum absolute atomic E-state index is 12.6. The second kappa shape index (κ2) is 9.62. The van der Waals surface area contributed by atoms with Crippen LogP contribution in [0.4, 0.5) is 0 Å². The molecule has 2 N–H and O–H groups in total. The van der Waals surface area contributed by atoms with Gasteiger partial charge in [-0.15, -0.1) is 0 Å². The summed E-state index contributed by atoms with van der Waals surface area (Å²) in [4.78, 5) is 24.9. The maximum atomic E-state index is 12.6. The normalized spacial score (nSPS) is 20.1. The summed E-state index contributed by atoms with van der Waals surface area (Å²) >= 11 is 1.14. The average Bonchev–Trinajstić information content (AvgIpc) is 2.68. The first-order chi connectivity index (χ1) is 13.8. The quantitative estimate of drug-likeness (QED) is 0.716. The Hall–Kier alpha value is -2.77. The SMILES string of the molecule is CC[C@@H](CNC(=O)[C@H](C)SC1=C(C#N)C(C)(C)[C@@H](C#N)C(=O)N1)c1ccccc1. The van der Waals surface area contributed by atoms with Gasteiger partial charge < -0.3 is 10.6 Å². The van der Waals surface area contributed by atoms with E-state index in [0.717, 1.165) is 18.2 Å². The number of hydrogen-bond acceptors (Lipinski definition) is 5.